The molecule has 4 rings (SSSR count). The Morgan fingerprint density at radius 3 is 2.64 bits per heavy atom. The number of hydrogen-bond acceptors (Lipinski definition) is 5. The predicted molar refractivity (Wildman–Crippen MR) is 115 cm³/mol. The van der Waals surface area contributed by atoms with Crippen LogP contribution in [0.3, 0.4) is 0 Å². The van der Waals surface area contributed by atoms with Crippen molar-refractivity contribution in [2.45, 2.75) is 63.2 Å². The van der Waals surface area contributed by atoms with E-state index in [0.717, 1.165) is 6.07 Å². The highest BCUT2D eigenvalue weighted by Crippen LogP contribution is 2.35. The monoisotopic (exact) mass is 458 g/mol. The second kappa shape index (κ2) is 8.14. The van der Waals surface area contributed by atoms with Crippen LogP contribution in [0.1, 0.15) is 56.5 Å². The number of carbonyl (C=O) groups excluding carboxylic acids is 3. The number of fused-ring (bicyclic) bond motifs is 1. The first-order valence-electron chi connectivity index (χ1n) is 10.8. The number of carbonyl (C=O) groups is 3. The Balaban J connectivity index is 1.56. The maximum absolute atomic E-state index is 14.6. The van der Waals surface area contributed by atoms with Crippen molar-refractivity contribution < 1.29 is 27.6 Å². The fourth-order valence-corrected chi connectivity index (χ4v) is 3.91. The lowest BCUT2D eigenvalue weighted by Gasteiger charge is -2.24. The molecule has 2 N–H and O–H groups in total. The summed E-state index contributed by atoms with van der Waals surface area (Å²) in [5, 5.41) is 14.6. The lowest BCUT2D eigenvalue weighted by molar-refractivity contribution is -0.124. The van der Waals surface area contributed by atoms with Crippen molar-refractivity contribution in [3.8, 4) is 6.07 Å². The first kappa shape index (κ1) is 22.7. The normalized spacial score (nSPS) is 18.2. The summed E-state index contributed by atoms with van der Waals surface area (Å²) < 4.78 is 34.4. The van der Waals surface area contributed by atoms with Gasteiger partial charge in [0.2, 0.25) is 11.8 Å². The summed E-state index contributed by atoms with van der Waals surface area (Å²) in [6.45, 7) is 2.97. The van der Waals surface area contributed by atoms with Crippen LogP contribution < -0.4 is 15.5 Å². The largest absolute Gasteiger partial charge is 0.451 e. The molecule has 1 aromatic heterocycles. The number of nitriles is 1. The first-order valence-corrected chi connectivity index (χ1v) is 10.8. The number of hydrogen-bond donors (Lipinski definition) is 2. The van der Waals surface area contributed by atoms with Crippen LogP contribution in [0.2, 0.25) is 0 Å². The van der Waals surface area contributed by atoms with Crippen molar-refractivity contribution in [2.75, 3.05) is 11.4 Å². The van der Waals surface area contributed by atoms with E-state index in [1.807, 2.05) is 6.07 Å². The van der Waals surface area contributed by atoms with Crippen LogP contribution in [0.4, 0.5) is 14.5 Å². The van der Waals surface area contributed by atoms with E-state index in [-0.39, 0.29) is 29.4 Å². The second-order valence-electron chi connectivity index (χ2n) is 9.23. The Morgan fingerprint density at radius 1 is 1.33 bits per heavy atom. The minimum absolute atomic E-state index is 0.0984. The van der Waals surface area contributed by atoms with E-state index in [2.05, 4.69) is 10.6 Å². The van der Waals surface area contributed by atoms with Gasteiger partial charge in [-0.1, -0.05) is 0 Å². The molecule has 1 atom stereocenters. The van der Waals surface area contributed by atoms with Gasteiger partial charge < -0.3 is 20.0 Å². The highest BCUT2D eigenvalue weighted by Gasteiger charge is 2.46. The third-order valence-corrected chi connectivity index (χ3v) is 5.81. The zero-order valence-electron chi connectivity index (χ0n) is 18.3. The van der Waals surface area contributed by atoms with Gasteiger partial charge in [-0.25, -0.2) is 8.78 Å². The van der Waals surface area contributed by atoms with E-state index < -0.39 is 34.9 Å². The predicted octanol–water partition coefficient (Wildman–Crippen LogP) is 3.11. The molecule has 1 aliphatic carbocycles. The second-order valence-corrected chi connectivity index (χ2v) is 9.23. The Kier molecular flexibility index (Phi) is 5.60. The molecule has 33 heavy (non-hydrogen) atoms. The van der Waals surface area contributed by atoms with E-state index in [1.54, 1.807) is 0 Å². The molecule has 1 aromatic carbocycles. The summed E-state index contributed by atoms with van der Waals surface area (Å²) in [7, 11) is 0. The van der Waals surface area contributed by atoms with Crippen molar-refractivity contribution in [2.24, 2.45) is 0 Å². The van der Waals surface area contributed by atoms with Gasteiger partial charge in [0.05, 0.1) is 11.8 Å². The van der Waals surface area contributed by atoms with Crippen molar-refractivity contribution in [3.63, 3.8) is 0 Å². The standard InChI is InChI=1S/C23H24F2N4O4/c1-22(2,25)11-15(20(31)28-23(12-26)5-6-23)27-21(32)18-9-13-8-16(14(24)10-17(13)33-18)29-7-3-4-19(29)30/h8-10,15H,3-7,11H2,1-2H3,(H,27,32)(H,28,31)/t15-/m0/s1. The number of nitrogens with zero attached hydrogens (tertiary/aromatic N) is 2. The van der Waals surface area contributed by atoms with E-state index in [0.29, 0.717) is 37.6 Å². The summed E-state index contributed by atoms with van der Waals surface area (Å²) in [6.07, 6.45) is 1.65. The number of furan rings is 1. The van der Waals surface area contributed by atoms with Gasteiger partial charge in [0.25, 0.3) is 5.91 Å². The maximum atomic E-state index is 14.6. The number of nitrogens with one attached hydrogen (secondary N) is 2. The fourth-order valence-electron chi connectivity index (χ4n) is 3.91. The third kappa shape index (κ3) is 4.82. The van der Waals surface area contributed by atoms with Gasteiger partial charge in [-0.05, 0) is 45.2 Å². The van der Waals surface area contributed by atoms with E-state index in [9.17, 15) is 28.4 Å². The Bertz CT molecular complexity index is 1170. The van der Waals surface area contributed by atoms with Crippen LogP contribution in [0, 0.1) is 17.1 Å². The van der Waals surface area contributed by atoms with Gasteiger partial charge in [0, 0.05) is 30.8 Å². The molecular formula is C23H24F2N4O4. The topological polar surface area (TPSA) is 115 Å². The number of benzene rings is 1. The van der Waals surface area contributed by atoms with Crippen LogP contribution in [-0.2, 0) is 9.59 Å². The highest BCUT2D eigenvalue weighted by atomic mass is 19.1. The lowest BCUT2D eigenvalue weighted by Crippen LogP contribution is -2.52. The molecule has 3 amide bonds. The molecule has 2 aromatic rings. The van der Waals surface area contributed by atoms with Gasteiger partial charge in [-0.15, -0.1) is 0 Å². The molecule has 0 spiro atoms. The zero-order chi connectivity index (χ0) is 24.0. The summed E-state index contributed by atoms with van der Waals surface area (Å²) in [4.78, 5) is 38.8. The molecule has 8 nitrogen and oxygen atoms in total. The molecule has 1 saturated carbocycles. The molecule has 0 bridgehead atoms. The minimum atomic E-state index is -1.77. The number of amides is 3. The summed E-state index contributed by atoms with van der Waals surface area (Å²) in [5.74, 6) is -2.46. The van der Waals surface area contributed by atoms with Crippen LogP contribution >= 0.6 is 0 Å². The van der Waals surface area contributed by atoms with Crippen LogP contribution in [0.5, 0.6) is 0 Å². The van der Waals surface area contributed by atoms with E-state index in [1.165, 1.54) is 30.9 Å². The molecule has 2 heterocycles. The molecule has 1 saturated heterocycles. The quantitative estimate of drug-likeness (QED) is 0.662. The number of rotatable bonds is 7. The Morgan fingerprint density at radius 2 is 2.06 bits per heavy atom. The zero-order valence-corrected chi connectivity index (χ0v) is 18.3. The number of alkyl halides is 1. The van der Waals surface area contributed by atoms with Gasteiger partial charge >= 0.3 is 0 Å². The van der Waals surface area contributed by atoms with Crippen molar-refractivity contribution in [1.82, 2.24) is 10.6 Å². The van der Waals surface area contributed by atoms with E-state index in [4.69, 9.17) is 4.42 Å². The van der Waals surface area contributed by atoms with Gasteiger partial charge in [0.1, 0.15) is 22.8 Å². The first-order chi connectivity index (χ1) is 15.5. The van der Waals surface area contributed by atoms with Crippen molar-refractivity contribution in [1.29, 1.82) is 5.26 Å². The molecule has 1 aliphatic heterocycles. The highest BCUT2D eigenvalue weighted by molar-refractivity contribution is 6.01. The van der Waals surface area contributed by atoms with Crippen molar-refractivity contribution in [3.05, 3.63) is 29.8 Å². The van der Waals surface area contributed by atoms with Gasteiger partial charge in [-0.3, -0.25) is 14.4 Å². The minimum Gasteiger partial charge on any atom is -0.451 e. The Labute approximate surface area is 188 Å². The van der Waals surface area contributed by atoms with Crippen LogP contribution in [-0.4, -0.2) is 41.5 Å². The van der Waals surface area contributed by atoms with E-state index >= 15 is 0 Å². The average molecular weight is 458 g/mol. The van der Waals surface area contributed by atoms with Crippen LogP contribution in [0.15, 0.2) is 22.6 Å². The third-order valence-electron chi connectivity index (χ3n) is 5.81. The van der Waals surface area contributed by atoms with Crippen molar-refractivity contribution >= 4 is 34.4 Å². The van der Waals surface area contributed by atoms with Gasteiger partial charge in [-0.2, -0.15) is 5.26 Å². The maximum Gasteiger partial charge on any atom is 0.287 e. The summed E-state index contributed by atoms with van der Waals surface area (Å²) >= 11 is 0. The van der Waals surface area contributed by atoms with Crippen LogP contribution in [0.25, 0.3) is 11.0 Å². The number of halogens is 2. The molecule has 2 fully saturated rings. The molecule has 2 aliphatic rings. The molecular weight excluding hydrogens is 434 g/mol. The molecule has 0 radical (unpaired) electrons. The molecule has 0 unspecified atom stereocenters. The Hall–Kier alpha value is -3.48. The average Bonchev–Trinajstić information content (AvgIpc) is 3.17. The summed E-state index contributed by atoms with van der Waals surface area (Å²) in [6, 6.07) is 4.69. The smallest absolute Gasteiger partial charge is 0.287 e. The SMILES string of the molecule is CC(C)(F)C[C@H](NC(=O)c1cc2cc(N3CCCC3=O)c(F)cc2o1)C(=O)NC1(C#N)CC1. The summed E-state index contributed by atoms with van der Waals surface area (Å²) in [5.41, 5.74) is -2.53. The number of anilines is 1. The van der Waals surface area contributed by atoms with Gasteiger partial charge in [0.15, 0.2) is 11.6 Å². The molecule has 174 valence electrons. The lowest BCUT2D eigenvalue weighted by atomic mass is 9.99. The fraction of sp³-hybridized carbons (Fsp3) is 0.478. The molecule has 10 heteroatoms.